The molecule has 0 aliphatic carbocycles. The molecule has 0 saturated carbocycles. The van der Waals surface area contributed by atoms with Crippen LogP contribution >= 0.6 is 0 Å². The maximum absolute atomic E-state index is 12.6. The Morgan fingerprint density at radius 2 is 0.585 bits per heavy atom. The Bertz CT molecular complexity index is 925. The van der Waals surface area contributed by atoms with E-state index in [1.54, 1.807) is 0 Å². The Balaban J connectivity index is 3.49. The van der Waals surface area contributed by atoms with Crippen molar-refractivity contribution in [3.05, 3.63) is 12.2 Å². The first-order valence-corrected chi connectivity index (χ1v) is 30.0. The average Bonchev–Trinajstić information content (AvgIpc) is 3.31. The first-order valence-electron chi connectivity index (χ1n) is 30.0. The second kappa shape index (κ2) is 55.7. The SMILES string of the molecule is CCCCCCCCCCCCCC/C=C\CCCCCCCCCCCCCCCCC(O)C(=O)NC(CO)C(O)CCCCCCCCCCCCCCCCCCCCCCC. The Labute approximate surface area is 408 Å². The molecule has 0 radical (unpaired) electrons. The number of rotatable bonds is 56. The summed E-state index contributed by atoms with van der Waals surface area (Å²) in [6.45, 7) is 4.28. The van der Waals surface area contributed by atoms with Crippen LogP contribution in [0.1, 0.15) is 341 Å². The lowest BCUT2D eigenvalue weighted by Gasteiger charge is -2.23. The second-order valence-electron chi connectivity index (χ2n) is 20.9. The van der Waals surface area contributed by atoms with Crippen LogP contribution in [0.4, 0.5) is 0 Å². The van der Waals surface area contributed by atoms with Gasteiger partial charge in [-0.3, -0.25) is 4.79 Å². The number of nitrogens with one attached hydrogen (secondary N) is 1. The van der Waals surface area contributed by atoms with Crippen LogP contribution in [-0.2, 0) is 4.79 Å². The number of amides is 1. The average molecular weight is 919 g/mol. The largest absolute Gasteiger partial charge is 0.394 e. The Morgan fingerprint density at radius 1 is 0.354 bits per heavy atom. The summed E-state index contributed by atoms with van der Waals surface area (Å²) >= 11 is 0. The number of aliphatic hydroxyl groups is 3. The van der Waals surface area contributed by atoms with Crippen LogP contribution in [0.25, 0.3) is 0 Å². The summed E-state index contributed by atoms with van der Waals surface area (Å²) in [5, 5.41) is 33.6. The van der Waals surface area contributed by atoms with Crippen molar-refractivity contribution in [1.29, 1.82) is 0 Å². The summed E-state index contributed by atoms with van der Waals surface area (Å²) in [4.78, 5) is 12.6. The van der Waals surface area contributed by atoms with Crippen molar-refractivity contribution in [2.45, 2.75) is 360 Å². The van der Waals surface area contributed by atoms with E-state index in [0.29, 0.717) is 12.8 Å². The van der Waals surface area contributed by atoms with E-state index in [2.05, 4.69) is 31.3 Å². The molecule has 0 rings (SSSR count). The molecule has 0 aromatic carbocycles. The van der Waals surface area contributed by atoms with Crippen molar-refractivity contribution in [2.24, 2.45) is 0 Å². The van der Waals surface area contributed by atoms with Crippen LogP contribution in [0.5, 0.6) is 0 Å². The van der Waals surface area contributed by atoms with E-state index in [-0.39, 0.29) is 6.61 Å². The minimum absolute atomic E-state index is 0.309. The molecular formula is C60H119NO4. The van der Waals surface area contributed by atoms with Gasteiger partial charge >= 0.3 is 0 Å². The molecule has 5 nitrogen and oxygen atoms in total. The zero-order chi connectivity index (χ0) is 47.2. The van der Waals surface area contributed by atoms with Gasteiger partial charge in [0.1, 0.15) is 6.10 Å². The number of hydrogen-bond acceptors (Lipinski definition) is 4. The fourth-order valence-electron chi connectivity index (χ4n) is 9.72. The van der Waals surface area contributed by atoms with Gasteiger partial charge in [-0.15, -0.1) is 0 Å². The third-order valence-electron chi connectivity index (χ3n) is 14.4. The predicted octanol–water partition coefficient (Wildman–Crippen LogP) is 18.7. The minimum atomic E-state index is -1.07. The van der Waals surface area contributed by atoms with Gasteiger partial charge in [0, 0.05) is 0 Å². The van der Waals surface area contributed by atoms with E-state index in [0.717, 1.165) is 32.1 Å². The molecule has 1 amide bonds. The molecule has 5 heteroatoms. The molecule has 0 bridgehead atoms. The number of carbonyl (C=O) groups excluding carboxylic acids is 1. The zero-order valence-electron chi connectivity index (χ0n) is 44.4. The summed E-state index contributed by atoms with van der Waals surface area (Å²) in [6, 6.07) is -0.710. The number of allylic oxidation sites excluding steroid dienone is 2. The van der Waals surface area contributed by atoms with Gasteiger partial charge in [0.25, 0.3) is 0 Å². The first kappa shape index (κ1) is 64.1. The normalized spacial score (nSPS) is 13.2. The number of hydrogen-bond donors (Lipinski definition) is 4. The summed E-state index contributed by atoms with van der Waals surface area (Å²) in [7, 11) is 0. The summed E-state index contributed by atoms with van der Waals surface area (Å²) in [5.74, 6) is -0.463. The predicted molar refractivity (Wildman–Crippen MR) is 287 cm³/mol. The fourth-order valence-corrected chi connectivity index (χ4v) is 9.72. The Morgan fingerprint density at radius 3 is 0.846 bits per heavy atom. The van der Waals surface area contributed by atoms with Gasteiger partial charge in [-0.25, -0.2) is 0 Å². The van der Waals surface area contributed by atoms with E-state index in [1.165, 1.54) is 283 Å². The highest BCUT2D eigenvalue weighted by molar-refractivity contribution is 5.80. The van der Waals surface area contributed by atoms with Crippen LogP contribution in [0, 0.1) is 0 Å². The molecule has 3 unspecified atom stereocenters. The van der Waals surface area contributed by atoms with E-state index >= 15 is 0 Å². The van der Waals surface area contributed by atoms with Crippen LogP contribution in [-0.4, -0.2) is 46.1 Å². The molecule has 0 aliphatic heterocycles. The first-order chi connectivity index (χ1) is 32.1. The lowest BCUT2D eigenvalue weighted by Crippen LogP contribution is -2.49. The number of carbonyl (C=O) groups is 1. The molecule has 3 atom stereocenters. The van der Waals surface area contributed by atoms with Crippen molar-refractivity contribution >= 4 is 5.91 Å². The van der Waals surface area contributed by atoms with Gasteiger partial charge in [0.2, 0.25) is 5.91 Å². The van der Waals surface area contributed by atoms with Crippen LogP contribution in [0.15, 0.2) is 12.2 Å². The molecule has 0 heterocycles. The topological polar surface area (TPSA) is 89.8 Å². The lowest BCUT2D eigenvalue weighted by molar-refractivity contribution is -0.131. The van der Waals surface area contributed by atoms with Gasteiger partial charge in [-0.2, -0.15) is 0 Å². The third-order valence-corrected chi connectivity index (χ3v) is 14.4. The van der Waals surface area contributed by atoms with Gasteiger partial charge in [-0.1, -0.05) is 315 Å². The van der Waals surface area contributed by atoms with Gasteiger partial charge < -0.3 is 20.6 Å². The Hall–Kier alpha value is -0.910. The summed E-state index contributed by atoms with van der Waals surface area (Å²) in [6.07, 6.45) is 69.9. The zero-order valence-corrected chi connectivity index (χ0v) is 44.4. The molecule has 0 aliphatic rings. The molecular weight excluding hydrogens is 799 g/mol. The summed E-state index contributed by atoms with van der Waals surface area (Å²) < 4.78 is 0. The molecule has 0 aromatic heterocycles. The van der Waals surface area contributed by atoms with E-state index in [1.807, 2.05) is 0 Å². The highest BCUT2D eigenvalue weighted by Crippen LogP contribution is 2.18. The van der Waals surface area contributed by atoms with Crippen LogP contribution < -0.4 is 5.32 Å². The lowest BCUT2D eigenvalue weighted by atomic mass is 10.0. The number of aliphatic hydroxyl groups excluding tert-OH is 3. The van der Waals surface area contributed by atoms with Crippen molar-refractivity contribution in [2.75, 3.05) is 6.61 Å². The molecule has 4 N–H and O–H groups in total. The minimum Gasteiger partial charge on any atom is -0.394 e. The van der Waals surface area contributed by atoms with E-state index in [4.69, 9.17) is 0 Å². The highest BCUT2D eigenvalue weighted by Gasteiger charge is 2.23. The fraction of sp³-hybridized carbons (Fsp3) is 0.950. The second-order valence-corrected chi connectivity index (χ2v) is 20.9. The maximum Gasteiger partial charge on any atom is 0.249 e. The van der Waals surface area contributed by atoms with Crippen LogP contribution in [0.3, 0.4) is 0 Å². The van der Waals surface area contributed by atoms with Crippen molar-refractivity contribution in [3.63, 3.8) is 0 Å². The quantitative estimate of drug-likeness (QED) is 0.0361. The molecule has 65 heavy (non-hydrogen) atoms. The molecule has 0 aromatic rings. The maximum atomic E-state index is 12.6. The summed E-state index contributed by atoms with van der Waals surface area (Å²) in [5.41, 5.74) is 0. The molecule has 0 saturated heterocycles. The standard InChI is InChI=1S/C60H119NO4/c1-3-5-7-9-11-13-15-17-19-21-23-25-26-27-28-29-30-31-32-33-35-37-39-41-43-45-47-49-51-53-55-59(64)60(65)61-57(56-62)58(63)54-52-50-48-46-44-42-40-38-36-34-24-22-20-18-16-14-12-10-8-6-4-2/h27-28,57-59,62-64H,3-26,29-56H2,1-2H3,(H,61,65)/b28-27-. The number of unbranched alkanes of at least 4 members (excludes halogenated alkanes) is 46. The monoisotopic (exact) mass is 918 g/mol. The van der Waals surface area contributed by atoms with Gasteiger partial charge in [0.05, 0.1) is 18.8 Å². The van der Waals surface area contributed by atoms with Gasteiger partial charge in [-0.05, 0) is 38.5 Å². The van der Waals surface area contributed by atoms with Gasteiger partial charge in [0.15, 0.2) is 0 Å². The molecule has 388 valence electrons. The Kier molecular flexibility index (Phi) is 54.9. The van der Waals surface area contributed by atoms with Crippen LogP contribution in [0.2, 0.25) is 0 Å². The van der Waals surface area contributed by atoms with E-state index < -0.39 is 24.2 Å². The molecule has 0 spiro atoms. The van der Waals surface area contributed by atoms with Crippen molar-refractivity contribution in [1.82, 2.24) is 5.32 Å². The highest BCUT2D eigenvalue weighted by atomic mass is 16.3. The molecule has 0 fully saturated rings. The van der Waals surface area contributed by atoms with E-state index in [9.17, 15) is 20.1 Å². The van der Waals surface area contributed by atoms with Crippen molar-refractivity contribution < 1.29 is 20.1 Å². The van der Waals surface area contributed by atoms with Crippen molar-refractivity contribution in [3.8, 4) is 0 Å². The third kappa shape index (κ3) is 50.8. The smallest absolute Gasteiger partial charge is 0.249 e.